The van der Waals surface area contributed by atoms with Crippen molar-refractivity contribution in [3.63, 3.8) is 0 Å². The third-order valence-electron chi connectivity index (χ3n) is 2.90. The summed E-state index contributed by atoms with van der Waals surface area (Å²) in [5, 5.41) is 4.34. The molecule has 3 N–H and O–H groups in total. The SMILES string of the molecule is CCCn1ncc(OC)c1C(NN)c1ccoc1Br. The minimum atomic E-state index is -0.253. The van der Waals surface area contributed by atoms with Crippen LogP contribution in [0.25, 0.3) is 0 Å². The number of hydrazine groups is 1. The van der Waals surface area contributed by atoms with Crippen LogP contribution in [0.15, 0.2) is 27.6 Å². The summed E-state index contributed by atoms with van der Waals surface area (Å²) in [6.45, 7) is 2.89. The Morgan fingerprint density at radius 1 is 1.63 bits per heavy atom. The van der Waals surface area contributed by atoms with Gasteiger partial charge in [-0.25, -0.2) is 5.43 Å². The molecule has 2 aromatic rings. The van der Waals surface area contributed by atoms with Gasteiger partial charge in [0.05, 0.1) is 25.6 Å². The molecule has 1 unspecified atom stereocenters. The molecule has 2 heterocycles. The van der Waals surface area contributed by atoms with Crippen LogP contribution in [-0.4, -0.2) is 16.9 Å². The lowest BCUT2D eigenvalue weighted by Crippen LogP contribution is -2.31. The molecule has 6 nitrogen and oxygen atoms in total. The largest absolute Gasteiger partial charge is 0.493 e. The predicted molar refractivity (Wildman–Crippen MR) is 74.6 cm³/mol. The summed E-state index contributed by atoms with van der Waals surface area (Å²) in [6.07, 6.45) is 4.28. The van der Waals surface area contributed by atoms with E-state index in [1.807, 2.05) is 10.7 Å². The van der Waals surface area contributed by atoms with Gasteiger partial charge in [0.1, 0.15) is 5.69 Å². The van der Waals surface area contributed by atoms with Crippen LogP contribution < -0.4 is 16.0 Å². The number of furan rings is 1. The van der Waals surface area contributed by atoms with Crippen molar-refractivity contribution in [1.82, 2.24) is 15.2 Å². The molecule has 0 aliphatic carbocycles. The van der Waals surface area contributed by atoms with E-state index in [1.54, 1.807) is 19.6 Å². The molecule has 0 fully saturated rings. The van der Waals surface area contributed by atoms with Crippen LogP contribution in [0.5, 0.6) is 5.75 Å². The average molecular weight is 329 g/mol. The van der Waals surface area contributed by atoms with Crippen LogP contribution in [0.4, 0.5) is 0 Å². The third-order valence-corrected chi connectivity index (χ3v) is 3.54. The van der Waals surface area contributed by atoms with Gasteiger partial charge >= 0.3 is 0 Å². The fourth-order valence-corrected chi connectivity index (χ4v) is 2.51. The first-order chi connectivity index (χ1) is 9.22. The second-order valence-corrected chi connectivity index (χ2v) is 4.79. The molecule has 2 aromatic heterocycles. The van der Waals surface area contributed by atoms with Crippen molar-refractivity contribution in [3.05, 3.63) is 34.5 Å². The van der Waals surface area contributed by atoms with E-state index in [9.17, 15) is 0 Å². The maximum atomic E-state index is 5.70. The van der Waals surface area contributed by atoms with Crippen molar-refractivity contribution in [1.29, 1.82) is 0 Å². The lowest BCUT2D eigenvalue weighted by Gasteiger charge is -2.18. The summed E-state index contributed by atoms with van der Waals surface area (Å²) in [4.78, 5) is 0. The minimum absolute atomic E-state index is 0.253. The van der Waals surface area contributed by atoms with Gasteiger partial charge in [0.25, 0.3) is 0 Å². The molecule has 0 amide bonds. The van der Waals surface area contributed by atoms with Crippen molar-refractivity contribution in [2.45, 2.75) is 25.9 Å². The van der Waals surface area contributed by atoms with Gasteiger partial charge in [-0.1, -0.05) is 6.92 Å². The number of nitrogens with one attached hydrogen (secondary N) is 1. The smallest absolute Gasteiger partial charge is 0.174 e. The molecule has 0 aromatic carbocycles. The summed E-state index contributed by atoms with van der Waals surface area (Å²) in [5.41, 5.74) is 4.58. The number of rotatable bonds is 6. The molecule has 19 heavy (non-hydrogen) atoms. The van der Waals surface area contributed by atoms with Crippen molar-refractivity contribution in [3.8, 4) is 5.75 Å². The Bertz CT molecular complexity index is 538. The van der Waals surface area contributed by atoms with Crippen LogP contribution in [0.1, 0.15) is 30.6 Å². The minimum Gasteiger partial charge on any atom is -0.493 e. The van der Waals surface area contributed by atoms with E-state index in [2.05, 4.69) is 33.4 Å². The molecule has 104 valence electrons. The molecule has 0 aliphatic rings. The molecule has 0 radical (unpaired) electrons. The second-order valence-electron chi connectivity index (χ2n) is 4.07. The third kappa shape index (κ3) is 2.68. The number of hydrogen-bond acceptors (Lipinski definition) is 5. The number of aromatic nitrogens is 2. The zero-order valence-corrected chi connectivity index (χ0v) is 12.5. The molecule has 1 atom stereocenters. The van der Waals surface area contributed by atoms with E-state index in [0.29, 0.717) is 10.4 Å². The van der Waals surface area contributed by atoms with Crippen molar-refractivity contribution >= 4 is 15.9 Å². The first-order valence-electron chi connectivity index (χ1n) is 6.01. The van der Waals surface area contributed by atoms with Gasteiger partial charge in [-0.05, 0) is 28.4 Å². The number of nitrogens with two attached hydrogens (primary N) is 1. The highest BCUT2D eigenvalue weighted by atomic mass is 79.9. The quantitative estimate of drug-likeness (QED) is 0.628. The van der Waals surface area contributed by atoms with Gasteiger partial charge in [0.15, 0.2) is 10.4 Å². The highest BCUT2D eigenvalue weighted by Gasteiger charge is 2.25. The first-order valence-corrected chi connectivity index (χ1v) is 6.80. The zero-order chi connectivity index (χ0) is 13.8. The first kappa shape index (κ1) is 14.1. The molecule has 0 bridgehead atoms. The molecule has 0 saturated carbocycles. The summed E-state index contributed by atoms with van der Waals surface area (Å²) in [7, 11) is 1.62. The van der Waals surface area contributed by atoms with Gasteiger partial charge in [-0.15, -0.1) is 0 Å². The van der Waals surface area contributed by atoms with Crippen molar-refractivity contribution in [2.75, 3.05) is 7.11 Å². The van der Waals surface area contributed by atoms with Crippen LogP contribution in [0.2, 0.25) is 0 Å². The molecule has 0 spiro atoms. The lowest BCUT2D eigenvalue weighted by molar-refractivity contribution is 0.397. The topological polar surface area (TPSA) is 78.2 Å². The Morgan fingerprint density at radius 2 is 2.42 bits per heavy atom. The van der Waals surface area contributed by atoms with E-state index < -0.39 is 0 Å². The summed E-state index contributed by atoms with van der Waals surface area (Å²) < 4.78 is 13.2. The zero-order valence-electron chi connectivity index (χ0n) is 10.9. The van der Waals surface area contributed by atoms with Gasteiger partial charge in [-0.3, -0.25) is 10.5 Å². The number of halogens is 1. The number of hydrogen-bond donors (Lipinski definition) is 2. The summed E-state index contributed by atoms with van der Waals surface area (Å²) >= 11 is 3.37. The van der Waals surface area contributed by atoms with Gasteiger partial charge in [0, 0.05) is 12.1 Å². The van der Waals surface area contributed by atoms with E-state index in [4.69, 9.17) is 15.0 Å². The normalized spacial score (nSPS) is 12.6. The number of ether oxygens (including phenoxy) is 1. The highest BCUT2D eigenvalue weighted by Crippen LogP contribution is 2.33. The molecule has 2 rings (SSSR count). The maximum absolute atomic E-state index is 5.70. The van der Waals surface area contributed by atoms with Crippen LogP contribution >= 0.6 is 15.9 Å². The Labute approximate surface area is 120 Å². The van der Waals surface area contributed by atoms with Gasteiger partial charge in [0.2, 0.25) is 0 Å². The summed E-state index contributed by atoms with van der Waals surface area (Å²) in [5.74, 6) is 6.40. The monoisotopic (exact) mass is 328 g/mol. The Kier molecular flexibility index (Phi) is 4.62. The Hall–Kier alpha value is -1.31. The highest BCUT2D eigenvalue weighted by molar-refractivity contribution is 9.10. The number of methoxy groups -OCH3 is 1. The van der Waals surface area contributed by atoms with Gasteiger partial charge < -0.3 is 9.15 Å². The Balaban J connectivity index is 2.48. The van der Waals surface area contributed by atoms with E-state index in [1.165, 1.54) is 0 Å². The lowest BCUT2D eigenvalue weighted by atomic mass is 10.1. The van der Waals surface area contributed by atoms with E-state index in [0.717, 1.165) is 24.2 Å². The molecule has 0 saturated heterocycles. The average Bonchev–Trinajstić information content (AvgIpc) is 3.00. The fourth-order valence-electron chi connectivity index (χ4n) is 2.04. The standard InChI is InChI=1S/C12H17BrN4O2/c1-3-5-17-11(9(18-2)7-15-17)10(16-14)8-4-6-19-12(8)13/h4,6-7,10,16H,3,5,14H2,1-2H3. The predicted octanol–water partition coefficient (Wildman–Crippen LogP) is 2.21. The van der Waals surface area contributed by atoms with E-state index in [-0.39, 0.29) is 6.04 Å². The summed E-state index contributed by atoms with van der Waals surface area (Å²) in [6, 6.07) is 1.61. The molecule has 0 aliphatic heterocycles. The molecular weight excluding hydrogens is 312 g/mol. The second kappa shape index (κ2) is 6.23. The van der Waals surface area contributed by atoms with Crippen LogP contribution in [0, 0.1) is 0 Å². The van der Waals surface area contributed by atoms with E-state index >= 15 is 0 Å². The maximum Gasteiger partial charge on any atom is 0.174 e. The Morgan fingerprint density at radius 3 is 2.95 bits per heavy atom. The van der Waals surface area contributed by atoms with Gasteiger partial charge in [-0.2, -0.15) is 5.10 Å². The fraction of sp³-hybridized carbons (Fsp3) is 0.417. The number of nitrogens with zero attached hydrogens (tertiary/aromatic N) is 2. The number of aryl methyl sites for hydroxylation is 1. The van der Waals surface area contributed by atoms with Crippen molar-refractivity contribution < 1.29 is 9.15 Å². The molecule has 7 heteroatoms. The molecular formula is C12H17BrN4O2. The van der Waals surface area contributed by atoms with Crippen molar-refractivity contribution in [2.24, 2.45) is 5.84 Å². The van der Waals surface area contributed by atoms with Crippen LogP contribution in [0.3, 0.4) is 0 Å². The van der Waals surface area contributed by atoms with Crippen LogP contribution in [-0.2, 0) is 6.54 Å².